The third-order valence-electron chi connectivity index (χ3n) is 7.61. The summed E-state index contributed by atoms with van der Waals surface area (Å²) in [5.74, 6) is 0.924. The van der Waals surface area contributed by atoms with Crippen molar-refractivity contribution < 1.29 is 4.42 Å². The van der Waals surface area contributed by atoms with Crippen LogP contribution in [0, 0.1) is 0 Å². The van der Waals surface area contributed by atoms with E-state index in [1.807, 2.05) is 24.3 Å². The highest BCUT2D eigenvalue weighted by Gasteiger charge is 2.14. The van der Waals surface area contributed by atoms with E-state index in [9.17, 15) is 0 Å². The van der Waals surface area contributed by atoms with Gasteiger partial charge in [0, 0.05) is 39.0 Å². The van der Waals surface area contributed by atoms with Crippen LogP contribution in [0.5, 0.6) is 0 Å². The molecule has 0 atom stereocenters. The van der Waals surface area contributed by atoms with Crippen LogP contribution in [0.3, 0.4) is 0 Å². The molecule has 0 fully saturated rings. The van der Waals surface area contributed by atoms with E-state index >= 15 is 0 Å². The molecule has 0 amide bonds. The zero-order valence-electron chi connectivity index (χ0n) is 22.2. The van der Waals surface area contributed by atoms with Gasteiger partial charge in [-0.2, -0.15) is 0 Å². The van der Waals surface area contributed by atoms with E-state index in [0.29, 0.717) is 0 Å². The van der Waals surface area contributed by atoms with Crippen molar-refractivity contribution >= 4 is 44.3 Å². The molecule has 0 aliphatic rings. The molecular weight excluding hydrogens is 502 g/mol. The van der Waals surface area contributed by atoms with Crippen molar-refractivity contribution in [3.8, 4) is 28.2 Å². The molecule has 4 heteroatoms. The lowest BCUT2D eigenvalue weighted by Gasteiger charge is -2.11. The van der Waals surface area contributed by atoms with Gasteiger partial charge in [0.25, 0.3) is 0 Å². The number of nitrogens with one attached hydrogen (secondary N) is 1. The van der Waals surface area contributed by atoms with Gasteiger partial charge in [-0.3, -0.25) is 4.57 Å². The zero-order chi connectivity index (χ0) is 27.2. The molecule has 8 aromatic rings. The molecular formula is C37H25N3O. The highest BCUT2D eigenvalue weighted by molar-refractivity contribution is 6.09. The quantitative estimate of drug-likeness (QED) is 0.242. The number of hydrogen-bond acceptors (Lipinski definition) is 3. The summed E-state index contributed by atoms with van der Waals surface area (Å²) in [6.07, 6.45) is 0. The van der Waals surface area contributed by atoms with Crippen LogP contribution in [0.15, 0.2) is 150 Å². The number of furan rings is 1. The maximum atomic E-state index is 6.24. The average Bonchev–Trinajstić information content (AvgIpc) is 3.61. The number of hydrogen-bond donors (Lipinski definition) is 1. The molecule has 194 valence electrons. The van der Waals surface area contributed by atoms with Gasteiger partial charge in [-0.05, 0) is 72.3 Å². The third kappa shape index (κ3) is 4.05. The lowest BCUT2D eigenvalue weighted by molar-refractivity contribution is 0.670. The molecule has 0 saturated carbocycles. The average molecular weight is 528 g/mol. The molecule has 2 heterocycles. The van der Waals surface area contributed by atoms with Crippen molar-refractivity contribution in [2.24, 2.45) is 0 Å². The number of para-hydroxylation sites is 5. The lowest BCUT2D eigenvalue weighted by Crippen LogP contribution is -1.97. The highest BCUT2D eigenvalue weighted by atomic mass is 16.3. The largest absolute Gasteiger partial charge is 0.455 e. The van der Waals surface area contributed by atoms with Crippen molar-refractivity contribution in [1.29, 1.82) is 0 Å². The van der Waals surface area contributed by atoms with Crippen LogP contribution in [0.2, 0.25) is 0 Å². The first-order valence-corrected chi connectivity index (χ1v) is 13.7. The van der Waals surface area contributed by atoms with Crippen molar-refractivity contribution in [1.82, 2.24) is 9.55 Å². The standard InChI is InChI=1S/C37H25N3O/c1-2-9-29(10-3-1)40-34-15-6-5-14-33(34)39-37(40)26-19-23-28(24-20-26)38-27-21-17-25(18-22-27)30-12-8-13-32-31-11-4-7-16-35(31)41-36(30)32/h1-24,38H. The van der Waals surface area contributed by atoms with Crippen LogP contribution >= 0.6 is 0 Å². The minimum atomic E-state index is 0.913. The summed E-state index contributed by atoms with van der Waals surface area (Å²) in [5.41, 5.74) is 10.3. The fraction of sp³-hybridized carbons (Fsp3) is 0. The Bertz CT molecular complexity index is 2160. The van der Waals surface area contributed by atoms with E-state index in [4.69, 9.17) is 9.40 Å². The molecule has 2 aromatic heterocycles. The van der Waals surface area contributed by atoms with Crippen LogP contribution in [0.1, 0.15) is 0 Å². The summed E-state index contributed by atoms with van der Waals surface area (Å²) < 4.78 is 8.47. The molecule has 0 unspecified atom stereocenters. The number of rotatable bonds is 5. The van der Waals surface area contributed by atoms with Gasteiger partial charge in [-0.15, -0.1) is 0 Å². The van der Waals surface area contributed by atoms with E-state index in [2.05, 4.69) is 131 Å². The van der Waals surface area contributed by atoms with Gasteiger partial charge >= 0.3 is 0 Å². The van der Waals surface area contributed by atoms with E-state index in [1.165, 1.54) is 0 Å². The van der Waals surface area contributed by atoms with Gasteiger partial charge in [0.15, 0.2) is 0 Å². The Hall–Kier alpha value is -5.61. The van der Waals surface area contributed by atoms with Crippen LogP contribution in [0.4, 0.5) is 11.4 Å². The number of imidazole rings is 1. The predicted octanol–water partition coefficient (Wildman–Crippen LogP) is 10.0. The van der Waals surface area contributed by atoms with Crippen LogP contribution in [0.25, 0.3) is 61.2 Å². The molecule has 0 aliphatic heterocycles. The lowest BCUT2D eigenvalue weighted by atomic mass is 10.0. The second-order valence-corrected chi connectivity index (χ2v) is 10.2. The van der Waals surface area contributed by atoms with Gasteiger partial charge in [0.1, 0.15) is 17.0 Å². The predicted molar refractivity (Wildman–Crippen MR) is 169 cm³/mol. The van der Waals surface area contributed by atoms with E-state index in [1.54, 1.807) is 0 Å². The normalized spacial score (nSPS) is 11.4. The van der Waals surface area contributed by atoms with Crippen LogP contribution in [-0.4, -0.2) is 9.55 Å². The monoisotopic (exact) mass is 527 g/mol. The summed E-state index contributed by atoms with van der Waals surface area (Å²) >= 11 is 0. The van der Waals surface area contributed by atoms with Gasteiger partial charge in [-0.25, -0.2) is 4.98 Å². The van der Waals surface area contributed by atoms with Crippen molar-refractivity contribution in [2.45, 2.75) is 0 Å². The molecule has 8 rings (SSSR count). The molecule has 4 nitrogen and oxygen atoms in total. The van der Waals surface area contributed by atoms with Crippen LogP contribution in [-0.2, 0) is 0 Å². The zero-order valence-corrected chi connectivity index (χ0v) is 22.2. The van der Waals surface area contributed by atoms with Gasteiger partial charge in [0.2, 0.25) is 0 Å². The fourth-order valence-electron chi connectivity index (χ4n) is 5.63. The fourth-order valence-corrected chi connectivity index (χ4v) is 5.63. The van der Waals surface area contributed by atoms with Crippen molar-refractivity contribution in [2.75, 3.05) is 5.32 Å². The Morgan fingerprint density at radius 1 is 0.537 bits per heavy atom. The van der Waals surface area contributed by atoms with Crippen molar-refractivity contribution in [3.05, 3.63) is 146 Å². The molecule has 0 radical (unpaired) electrons. The Kier molecular flexibility index (Phi) is 5.42. The maximum Gasteiger partial charge on any atom is 0.145 e. The highest BCUT2D eigenvalue weighted by Crippen LogP contribution is 2.36. The van der Waals surface area contributed by atoms with Gasteiger partial charge < -0.3 is 9.73 Å². The summed E-state index contributed by atoms with van der Waals surface area (Å²) in [7, 11) is 0. The summed E-state index contributed by atoms with van der Waals surface area (Å²) in [6, 6.07) is 50.2. The molecule has 0 spiro atoms. The molecule has 0 bridgehead atoms. The smallest absolute Gasteiger partial charge is 0.145 e. The Balaban J connectivity index is 1.08. The molecule has 1 N–H and O–H groups in total. The number of aromatic nitrogens is 2. The SMILES string of the molecule is c1ccc(-n2c(-c3ccc(Nc4ccc(-c5cccc6c5oc5ccccc56)cc4)cc3)nc3ccccc32)cc1. The van der Waals surface area contributed by atoms with Crippen molar-refractivity contribution in [3.63, 3.8) is 0 Å². The third-order valence-corrected chi connectivity index (χ3v) is 7.61. The summed E-state index contributed by atoms with van der Waals surface area (Å²) in [4.78, 5) is 4.98. The molecule has 6 aromatic carbocycles. The number of nitrogens with zero attached hydrogens (tertiary/aromatic N) is 2. The molecule has 41 heavy (non-hydrogen) atoms. The minimum Gasteiger partial charge on any atom is -0.455 e. The first kappa shape index (κ1) is 23.3. The topological polar surface area (TPSA) is 43.0 Å². The second-order valence-electron chi connectivity index (χ2n) is 10.2. The number of fused-ring (bicyclic) bond motifs is 4. The van der Waals surface area contributed by atoms with E-state index in [0.717, 1.165) is 72.5 Å². The maximum absolute atomic E-state index is 6.24. The van der Waals surface area contributed by atoms with E-state index < -0.39 is 0 Å². The summed E-state index contributed by atoms with van der Waals surface area (Å²) in [6.45, 7) is 0. The molecule has 0 saturated heterocycles. The first-order chi connectivity index (χ1) is 20.3. The summed E-state index contributed by atoms with van der Waals surface area (Å²) in [5, 5.41) is 5.83. The minimum absolute atomic E-state index is 0.913. The Morgan fingerprint density at radius 2 is 1.20 bits per heavy atom. The molecule has 0 aliphatic carbocycles. The number of anilines is 2. The Labute approximate surface area is 237 Å². The van der Waals surface area contributed by atoms with Gasteiger partial charge in [-0.1, -0.05) is 78.9 Å². The Morgan fingerprint density at radius 3 is 2.00 bits per heavy atom. The van der Waals surface area contributed by atoms with Crippen LogP contribution < -0.4 is 5.32 Å². The second kappa shape index (κ2) is 9.54. The van der Waals surface area contributed by atoms with E-state index in [-0.39, 0.29) is 0 Å². The first-order valence-electron chi connectivity index (χ1n) is 13.7. The van der Waals surface area contributed by atoms with Gasteiger partial charge in [0.05, 0.1) is 11.0 Å². The number of benzene rings is 6.